The first-order chi connectivity index (χ1) is 3.41. The molecule has 0 saturated heterocycles. The van der Waals surface area contributed by atoms with E-state index in [0.29, 0.717) is 0 Å². The smallest absolute Gasteiger partial charge is 0.303 e. The molecule has 0 saturated carbocycles. The van der Waals surface area contributed by atoms with Gasteiger partial charge in [-0.2, -0.15) is 0 Å². The lowest BCUT2D eigenvalue weighted by Gasteiger charge is -1.82. The van der Waals surface area contributed by atoms with Crippen LogP contribution in [0.2, 0.25) is 0 Å². The third-order valence-electron chi connectivity index (χ3n) is 0. The summed E-state index contributed by atoms with van der Waals surface area (Å²) in [5.41, 5.74) is 0. The zero-order valence-electron chi connectivity index (χ0n) is 4.11. The van der Waals surface area contributed by atoms with Crippen LogP contribution in [-0.4, -0.2) is 20.7 Å². The molecule has 0 unspecified atom stereocenters. The summed E-state index contributed by atoms with van der Waals surface area (Å²) in [6, 6.07) is 1.25. The zero-order chi connectivity index (χ0) is 7.21. The molecule has 0 aliphatic rings. The number of nitrogens with one attached hydrogen (secondary N) is 2. The van der Waals surface area contributed by atoms with Crippen LogP contribution in [0.15, 0.2) is 0 Å². The van der Waals surface area contributed by atoms with Crippen molar-refractivity contribution in [3.05, 3.63) is 0 Å². The fourth-order valence-electron chi connectivity index (χ4n) is 0. The summed E-state index contributed by atoms with van der Waals surface area (Å²) in [5.74, 6) is 0. The monoisotopic (exact) mass is 176 g/mol. The van der Waals surface area contributed by atoms with Gasteiger partial charge in [-0.1, -0.05) is 0 Å². The van der Waals surface area contributed by atoms with Gasteiger partial charge in [-0.3, -0.25) is 0 Å². The van der Waals surface area contributed by atoms with Crippen LogP contribution in [-0.2, 0) is 4.57 Å². The van der Waals surface area contributed by atoms with E-state index >= 15 is 0 Å². The number of halogens is 1. The molecule has 0 spiro atoms. The van der Waals surface area contributed by atoms with E-state index in [-0.39, 0.29) is 12.4 Å². The second kappa shape index (κ2) is 7.78. The summed E-state index contributed by atoms with van der Waals surface area (Å²) in [5, 5.41) is 11.2. The molecule has 0 aromatic heterocycles. The highest BCUT2D eigenvalue weighted by Crippen LogP contribution is 2.25. The normalized spacial score (nSPS) is 7.44. The van der Waals surface area contributed by atoms with Crippen molar-refractivity contribution in [3.8, 4) is 0 Å². The first-order valence-corrected chi connectivity index (χ1v) is 2.85. The zero-order valence-corrected chi connectivity index (χ0v) is 5.82. The van der Waals surface area contributed by atoms with Gasteiger partial charge in [0.05, 0.1) is 6.01 Å². The summed E-state index contributed by atoms with van der Waals surface area (Å²) < 4.78 is 8.88. The van der Waals surface area contributed by atoms with Crippen molar-refractivity contribution in [2.24, 2.45) is 0 Å². The van der Waals surface area contributed by atoms with E-state index in [1.165, 1.54) is 6.01 Å². The van der Waals surface area contributed by atoms with Crippen molar-refractivity contribution >= 4 is 26.2 Å². The average Bonchev–Trinajstić information content (AvgIpc) is 1.27. The third kappa shape index (κ3) is 5370. The Kier molecular flexibility index (Phi) is 13.8. The van der Waals surface area contributed by atoms with E-state index in [0.717, 1.165) is 0 Å². The van der Waals surface area contributed by atoms with Crippen LogP contribution in [0.5, 0.6) is 0 Å². The van der Waals surface area contributed by atoms with Gasteiger partial charge in [0.25, 0.3) is 0 Å². The molecule has 0 radical (unpaired) electrons. The Morgan fingerprint density at radius 1 is 1.22 bits per heavy atom. The number of phosphoric acid groups is 1. The Balaban J connectivity index is -0.0000000800. The van der Waals surface area contributed by atoms with Crippen LogP contribution in [0, 0.1) is 10.8 Å². The van der Waals surface area contributed by atoms with Crippen LogP contribution >= 0.6 is 20.2 Å². The predicted octanol–water partition coefficient (Wildman–Crippen LogP) is -0.189. The molecule has 0 heterocycles. The lowest BCUT2D eigenvalue weighted by atomic mass is 11.6. The quantitative estimate of drug-likeness (QED) is 0.259. The summed E-state index contributed by atoms with van der Waals surface area (Å²) in [7, 11) is -4.64. The first-order valence-electron chi connectivity index (χ1n) is 1.28. The second-order valence-corrected chi connectivity index (χ2v) is 1.66. The molecular formula is CH6ClN2O4P. The molecule has 0 atom stereocenters. The van der Waals surface area contributed by atoms with Crippen LogP contribution in [0.1, 0.15) is 0 Å². The van der Waals surface area contributed by atoms with Gasteiger partial charge in [0, 0.05) is 0 Å². The number of hydrogen-bond donors (Lipinski definition) is 5. The van der Waals surface area contributed by atoms with E-state index in [2.05, 4.69) is 0 Å². The van der Waals surface area contributed by atoms with E-state index in [9.17, 15) is 0 Å². The van der Waals surface area contributed by atoms with Crippen molar-refractivity contribution in [3.63, 3.8) is 0 Å². The lowest BCUT2D eigenvalue weighted by molar-refractivity contribution is 0.275. The van der Waals surface area contributed by atoms with E-state index in [1.807, 2.05) is 0 Å². The maximum Gasteiger partial charge on any atom is 0.466 e. The summed E-state index contributed by atoms with van der Waals surface area (Å²) in [6.45, 7) is 0. The van der Waals surface area contributed by atoms with Crippen LogP contribution in [0.4, 0.5) is 0 Å². The van der Waals surface area contributed by atoms with Crippen LogP contribution in [0.25, 0.3) is 0 Å². The fourth-order valence-corrected chi connectivity index (χ4v) is 0. The molecule has 8 heteroatoms. The molecule has 0 aromatic rings. The van der Waals surface area contributed by atoms with Gasteiger partial charge >= 0.3 is 7.82 Å². The minimum absolute atomic E-state index is 0. The van der Waals surface area contributed by atoms with Crippen molar-refractivity contribution < 1.29 is 19.2 Å². The average molecular weight is 176 g/mol. The molecule has 6 nitrogen and oxygen atoms in total. The van der Waals surface area contributed by atoms with Crippen LogP contribution < -0.4 is 0 Å². The van der Waals surface area contributed by atoms with Crippen molar-refractivity contribution in [1.29, 1.82) is 10.8 Å². The third-order valence-corrected chi connectivity index (χ3v) is 0. The Labute approximate surface area is 57.2 Å². The Morgan fingerprint density at radius 3 is 1.22 bits per heavy atom. The largest absolute Gasteiger partial charge is 0.466 e. The van der Waals surface area contributed by atoms with E-state index < -0.39 is 7.82 Å². The predicted molar refractivity (Wildman–Crippen MR) is 32.0 cm³/mol. The molecular weight excluding hydrogens is 170 g/mol. The standard InChI is InChI=1S/CH2N2.ClH.H3O4P/c2-1-3;;1-5(2,3)4/h2-3H;1H;(H3,1,2,3,4). The summed E-state index contributed by atoms with van der Waals surface area (Å²) >= 11 is 0. The lowest BCUT2D eigenvalue weighted by Crippen LogP contribution is -1.66. The first kappa shape index (κ1) is 15.9. The molecule has 0 amide bonds. The number of hydrogen-bond acceptors (Lipinski definition) is 3. The van der Waals surface area contributed by atoms with Gasteiger partial charge in [-0.05, 0) is 0 Å². The minimum atomic E-state index is -4.64. The van der Waals surface area contributed by atoms with Crippen LogP contribution in [0.3, 0.4) is 0 Å². The number of rotatable bonds is 0. The maximum absolute atomic E-state index is 8.88. The van der Waals surface area contributed by atoms with Gasteiger partial charge in [0.15, 0.2) is 0 Å². The minimum Gasteiger partial charge on any atom is -0.303 e. The molecule has 56 valence electrons. The van der Waals surface area contributed by atoms with Gasteiger partial charge in [0.1, 0.15) is 0 Å². The molecule has 0 bridgehead atoms. The van der Waals surface area contributed by atoms with Gasteiger partial charge < -0.3 is 14.7 Å². The van der Waals surface area contributed by atoms with Crippen molar-refractivity contribution in [2.45, 2.75) is 0 Å². The van der Waals surface area contributed by atoms with Crippen molar-refractivity contribution in [2.75, 3.05) is 0 Å². The van der Waals surface area contributed by atoms with Gasteiger partial charge in [-0.25, -0.2) is 15.4 Å². The Hall–Kier alpha value is -0.220. The topological polar surface area (TPSA) is 125 Å². The fraction of sp³-hybridized carbons (Fsp3) is 0. The molecule has 0 aromatic carbocycles. The highest BCUT2D eigenvalue weighted by molar-refractivity contribution is 7.45. The molecule has 0 aliphatic heterocycles. The summed E-state index contributed by atoms with van der Waals surface area (Å²) in [6.07, 6.45) is 0. The maximum atomic E-state index is 8.88. The highest BCUT2D eigenvalue weighted by atomic mass is 35.5. The molecule has 0 aliphatic carbocycles. The molecule has 0 rings (SSSR count). The highest BCUT2D eigenvalue weighted by Gasteiger charge is 2.00. The summed E-state index contributed by atoms with van der Waals surface area (Å²) in [4.78, 5) is 21.6. The van der Waals surface area contributed by atoms with E-state index in [4.69, 9.17) is 30.1 Å². The van der Waals surface area contributed by atoms with Crippen molar-refractivity contribution in [1.82, 2.24) is 0 Å². The van der Waals surface area contributed by atoms with Gasteiger partial charge in [0.2, 0.25) is 0 Å². The van der Waals surface area contributed by atoms with E-state index in [1.54, 1.807) is 0 Å². The second-order valence-electron chi connectivity index (χ2n) is 0.638. The molecule has 5 N–H and O–H groups in total. The molecule has 9 heavy (non-hydrogen) atoms. The SMILES string of the molecule is Cl.N=C=N.O=P(O)(O)O. The van der Waals surface area contributed by atoms with Gasteiger partial charge in [-0.15, -0.1) is 12.4 Å². The molecule has 0 fully saturated rings. The Bertz CT molecular complexity index is 116. The Morgan fingerprint density at radius 2 is 1.22 bits per heavy atom.